The Morgan fingerprint density at radius 2 is 1.50 bits per heavy atom. The Kier molecular flexibility index (Phi) is 3.89. The van der Waals surface area contributed by atoms with Gasteiger partial charge in [-0.05, 0) is 20.8 Å². The minimum atomic E-state index is -0.219. The number of amides is 1. The Labute approximate surface area is 86.0 Å². The first-order valence-corrected chi connectivity index (χ1v) is 5.29. The van der Waals surface area contributed by atoms with Crippen LogP contribution in [0.25, 0.3) is 0 Å². The molecule has 14 heavy (non-hydrogen) atoms. The summed E-state index contributed by atoms with van der Waals surface area (Å²) in [6.07, 6.45) is 0. The highest BCUT2D eigenvalue weighted by Gasteiger charge is 2.24. The largest absolute Gasteiger partial charge is 0.368 e. The summed E-state index contributed by atoms with van der Waals surface area (Å²) in [4.78, 5) is 15.6. The van der Waals surface area contributed by atoms with Gasteiger partial charge in [-0.3, -0.25) is 14.6 Å². The molecule has 0 saturated carbocycles. The third-order valence-corrected chi connectivity index (χ3v) is 3.04. The van der Waals surface area contributed by atoms with Crippen LogP contribution in [-0.2, 0) is 4.79 Å². The number of piperazine rings is 1. The zero-order valence-corrected chi connectivity index (χ0v) is 9.36. The normalized spacial score (nSPS) is 22.6. The Hall–Kier alpha value is -0.610. The molecule has 1 aliphatic rings. The topological polar surface area (TPSA) is 49.6 Å². The molecule has 2 N–H and O–H groups in total. The number of carbonyl (C=O) groups excluding carboxylic acids is 1. The molecule has 0 aromatic heterocycles. The van der Waals surface area contributed by atoms with E-state index >= 15 is 0 Å². The molecule has 0 aromatic rings. The molecule has 82 valence electrons. The van der Waals surface area contributed by atoms with Gasteiger partial charge in [0, 0.05) is 32.2 Å². The number of primary amides is 1. The quantitative estimate of drug-likeness (QED) is 0.690. The second-order valence-electron chi connectivity index (χ2n) is 4.24. The van der Waals surface area contributed by atoms with Crippen LogP contribution in [0, 0.1) is 0 Å². The first kappa shape index (κ1) is 11.5. The maximum atomic E-state index is 11.0. The second kappa shape index (κ2) is 4.75. The first-order chi connectivity index (χ1) is 6.52. The summed E-state index contributed by atoms with van der Waals surface area (Å²) in [5.74, 6) is -0.219. The van der Waals surface area contributed by atoms with Gasteiger partial charge in [0.25, 0.3) is 0 Å². The van der Waals surface area contributed by atoms with Crippen LogP contribution < -0.4 is 5.73 Å². The van der Waals surface area contributed by atoms with Gasteiger partial charge in [0.1, 0.15) is 0 Å². The highest BCUT2D eigenvalue weighted by atomic mass is 16.1. The average Bonchev–Trinajstić information content (AvgIpc) is 2.16. The highest BCUT2D eigenvalue weighted by Crippen LogP contribution is 2.08. The molecule has 1 aliphatic heterocycles. The molecule has 0 aromatic carbocycles. The average molecular weight is 199 g/mol. The van der Waals surface area contributed by atoms with Gasteiger partial charge in [0.05, 0.1) is 6.04 Å². The Bertz CT molecular complexity index is 198. The maximum Gasteiger partial charge on any atom is 0.234 e. The van der Waals surface area contributed by atoms with Crippen LogP contribution in [0.5, 0.6) is 0 Å². The van der Waals surface area contributed by atoms with Gasteiger partial charge in [-0.2, -0.15) is 0 Å². The third-order valence-electron chi connectivity index (χ3n) is 3.04. The Balaban J connectivity index is 2.39. The van der Waals surface area contributed by atoms with Gasteiger partial charge in [-0.15, -0.1) is 0 Å². The molecule has 1 unspecified atom stereocenters. The number of rotatable bonds is 3. The van der Waals surface area contributed by atoms with Gasteiger partial charge in [-0.1, -0.05) is 0 Å². The summed E-state index contributed by atoms with van der Waals surface area (Å²) in [6.45, 7) is 10.3. The number of nitrogens with two attached hydrogens (primary N) is 1. The molecule has 1 heterocycles. The molecule has 1 atom stereocenters. The van der Waals surface area contributed by atoms with Crippen molar-refractivity contribution in [3.05, 3.63) is 0 Å². The molecular weight excluding hydrogens is 178 g/mol. The molecule has 1 amide bonds. The number of hydrogen-bond donors (Lipinski definition) is 1. The minimum absolute atomic E-state index is 0.121. The van der Waals surface area contributed by atoms with E-state index in [0.717, 1.165) is 26.2 Å². The highest BCUT2D eigenvalue weighted by molar-refractivity contribution is 5.79. The van der Waals surface area contributed by atoms with Crippen LogP contribution >= 0.6 is 0 Å². The van der Waals surface area contributed by atoms with Crippen LogP contribution in [0.3, 0.4) is 0 Å². The van der Waals surface area contributed by atoms with E-state index in [0.29, 0.717) is 6.04 Å². The first-order valence-electron chi connectivity index (χ1n) is 5.29. The van der Waals surface area contributed by atoms with E-state index in [9.17, 15) is 4.79 Å². The van der Waals surface area contributed by atoms with Gasteiger partial charge in [0.15, 0.2) is 0 Å². The van der Waals surface area contributed by atoms with E-state index in [-0.39, 0.29) is 11.9 Å². The minimum Gasteiger partial charge on any atom is -0.368 e. The van der Waals surface area contributed by atoms with Crippen molar-refractivity contribution in [1.29, 1.82) is 0 Å². The third kappa shape index (κ3) is 2.69. The summed E-state index contributed by atoms with van der Waals surface area (Å²) < 4.78 is 0. The standard InChI is InChI=1S/C10H21N3O/c1-8(2)12-4-6-13(7-5-12)9(3)10(11)14/h8-9H,4-7H2,1-3H3,(H2,11,14). The lowest BCUT2D eigenvalue weighted by molar-refractivity contribution is -0.123. The van der Waals surface area contributed by atoms with E-state index < -0.39 is 0 Å². The number of hydrogen-bond acceptors (Lipinski definition) is 3. The molecule has 4 nitrogen and oxygen atoms in total. The molecular formula is C10H21N3O. The Morgan fingerprint density at radius 3 is 1.86 bits per heavy atom. The molecule has 0 bridgehead atoms. The smallest absolute Gasteiger partial charge is 0.234 e. The van der Waals surface area contributed by atoms with Crippen molar-refractivity contribution in [2.75, 3.05) is 26.2 Å². The van der Waals surface area contributed by atoms with E-state index in [4.69, 9.17) is 5.73 Å². The molecule has 1 fully saturated rings. The van der Waals surface area contributed by atoms with Crippen molar-refractivity contribution in [1.82, 2.24) is 9.80 Å². The van der Waals surface area contributed by atoms with Crippen molar-refractivity contribution < 1.29 is 4.79 Å². The van der Waals surface area contributed by atoms with Gasteiger partial charge >= 0.3 is 0 Å². The summed E-state index contributed by atoms with van der Waals surface area (Å²) in [6, 6.07) is 0.477. The Morgan fingerprint density at radius 1 is 1.07 bits per heavy atom. The van der Waals surface area contributed by atoms with E-state index in [1.807, 2.05) is 6.92 Å². The summed E-state index contributed by atoms with van der Waals surface area (Å²) in [7, 11) is 0. The molecule has 0 spiro atoms. The van der Waals surface area contributed by atoms with Crippen LogP contribution in [0.1, 0.15) is 20.8 Å². The predicted octanol–water partition coefficient (Wildman–Crippen LogP) is -0.114. The SMILES string of the molecule is CC(C)N1CCN(C(C)C(N)=O)CC1. The van der Waals surface area contributed by atoms with E-state index in [1.165, 1.54) is 0 Å². The monoisotopic (exact) mass is 199 g/mol. The number of carbonyl (C=O) groups is 1. The van der Waals surface area contributed by atoms with Crippen molar-refractivity contribution in [2.45, 2.75) is 32.9 Å². The fraction of sp³-hybridized carbons (Fsp3) is 0.900. The lowest BCUT2D eigenvalue weighted by atomic mass is 10.2. The van der Waals surface area contributed by atoms with Crippen molar-refractivity contribution in [3.63, 3.8) is 0 Å². The predicted molar refractivity (Wildman–Crippen MR) is 56.9 cm³/mol. The maximum absolute atomic E-state index is 11.0. The van der Waals surface area contributed by atoms with E-state index in [2.05, 4.69) is 23.6 Å². The van der Waals surface area contributed by atoms with E-state index in [1.54, 1.807) is 0 Å². The van der Waals surface area contributed by atoms with Crippen molar-refractivity contribution in [2.24, 2.45) is 5.73 Å². The molecule has 1 rings (SSSR count). The second-order valence-corrected chi connectivity index (χ2v) is 4.24. The molecule has 0 radical (unpaired) electrons. The lowest BCUT2D eigenvalue weighted by Gasteiger charge is -2.38. The lowest BCUT2D eigenvalue weighted by Crippen LogP contribution is -2.54. The summed E-state index contributed by atoms with van der Waals surface area (Å²) >= 11 is 0. The van der Waals surface area contributed by atoms with Gasteiger partial charge < -0.3 is 5.73 Å². The fourth-order valence-electron chi connectivity index (χ4n) is 1.82. The van der Waals surface area contributed by atoms with Gasteiger partial charge in [-0.25, -0.2) is 0 Å². The van der Waals surface area contributed by atoms with Crippen LogP contribution in [-0.4, -0.2) is 54.0 Å². The van der Waals surface area contributed by atoms with Crippen LogP contribution in [0.2, 0.25) is 0 Å². The number of nitrogens with zero attached hydrogens (tertiary/aromatic N) is 2. The fourth-order valence-corrected chi connectivity index (χ4v) is 1.82. The van der Waals surface area contributed by atoms with Crippen molar-refractivity contribution in [3.8, 4) is 0 Å². The van der Waals surface area contributed by atoms with Crippen LogP contribution in [0.15, 0.2) is 0 Å². The summed E-state index contributed by atoms with van der Waals surface area (Å²) in [5, 5.41) is 0. The summed E-state index contributed by atoms with van der Waals surface area (Å²) in [5.41, 5.74) is 5.27. The molecule has 0 aliphatic carbocycles. The molecule has 4 heteroatoms. The molecule has 1 saturated heterocycles. The van der Waals surface area contributed by atoms with Gasteiger partial charge in [0.2, 0.25) is 5.91 Å². The zero-order valence-electron chi connectivity index (χ0n) is 9.36. The van der Waals surface area contributed by atoms with Crippen molar-refractivity contribution >= 4 is 5.91 Å². The van der Waals surface area contributed by atoms with Crippen LogP contribution in [0.4, 0.5) is 0 Å². The zero-order chi connectivity index (χ0) is 10.7.